The molecule has 1 fully saturated rings. The van der Waals surface area contributed by atoms with Crippen LogP contribution in [0.5, 0.6) is 0 Å². The second kappa shape index (κ2) is 8.49. The first kappa shape index (κ1) is 18.6. The maximum atomic E-state index is 12.6. The van der Waals surface area contributed by atoms with Crippen molar-refractivity contribution in [3.05, 3.63) is 60.4 Å². The summed E-state index contributed by atoms with van der Waals surface area (Å²) in [5, 5.41) is 11.4. The van der Waals surface area contributed by atoms with E-state index in [0.29, 0.717) is 11.7 Å². The number of nitrogens with zero attached hydrogens (tertiary/aromatic N) is 4. The van der Waals surface area contributed by atoms with Gasteiger partial charge in [-0.3, -0.25) is 14.6 Å². The van der Waals surface area contributed by atoms with Gasteiger partial charge in [0.05, 0.1) is 5.92 Å². The fourth-order valence-corrected chi connectivity index (χ4v) is 4.58. The van der Waals surface area contributed by atoms with Crippen molar-refractivity contribution in [1.29, 1.82) is 0 Å². The lowest BCUT2D eigenvalue weighted by Crippen LogP contribution is -2.28. The van der Waals surface area contributed by atoms with E-state index in [1.807, 2.05) is 48.7 Å². The fourth-order valence-electron chi connectivity index (χ4n) is 2.90. The molecule has 28 heavy (non-hydrogen) atoms. The molecule has 0 spiro atoms. The summed E-state index contributed by atoms with van der Waals surface area (Å²) in [4.78, 5) is 30.6. The van der Waals surface area contributed by atoms with Gasteiger partial charge in [0.2, 0.25) is 16.9 Å². The largest absolute Gasteiger partial charge is 0.312 e. The molecule has 0 radical (unpaired) electrons. The van der Waals surface area contributed by atoms with E-state index >= 15 is 0 Å². The Bertz CT molecular complexity index is 965. The fraction of sp³-hybridized carbons (Fsp3) is 0.211. The Morgan fingerprint density at radius 1 is 1.21 bits per heavy atom. The Kier molecular flexibility index (Phi) is 5.63. The van der Waals surface area contributed by atoms with Crippen LogP contribution in [-0.4, -0.2) is 33.5 Å². The minimum Gasteiger partial charge on any atom is -0.312 e. The number of aromatic nitrogens is 3. The SMILES string of the molecule is O=C(Nc1nnc(SCc2cccnc2)s1)C1CC(=O)N(c2ccccc2)C1. The summed E-state index contributed by atoms with van der Waals surface area (Å²) < 4.78 is 0.771. The summed E-state index contributed by atoms with van der Waals surface area (Å²) in [6, 6.07) is 13.3. The first-order valence-corrected chi connectivity index (χ1v) is 10.5. The molecular weight excluding hydrogens is 394 g/mol. The van der Waals surface area contributed by atoms with Crippen LogP contribution in [0.25, 0.3) is 0 Å². The molecule has 1 saturated heterocycles. The smallest absolute Gasteiger partial charge is 0.231 e. The topological polar surface area (TPSA) is 88.1 Å². The number of benzene rings is 1. The van der Waals surface area contributed by atoms with Crippen molar-refractivity contribution >= 4 is 45.7 Å². The number of pyridine rings is 1. The highest BCUT2D eigenvalue weighted by Gasteiger charge is 2.35. The number of amides is 2. The molecule has 1 aliphatic heterocycles. The van der Waals surface area contributed by atoms with E-state index in [2.05, 4.69) is 20.5 Å². The summed E-state index contributed by atoms with van der Waals surface area (Å²) in [6.07, 6.45) is 3.74. The van der Waals surface area contributed by atoms with Gasteiger partial charge in [0.25, 0.3) is 0 Å². The van der Waals surface area contributed by atoms with Gasteiger partial charge in [0.1, 0.15) is 0 Å². The Hall–Kier alpha value is -2.78. The molecule has 2 amide bonds. The molecule has 0 aliphatic carbocycles. The quantitative estimate of drug-likeness (QED) is 0.495. The lowest BCUT2D eigenvalue weighted by atomic mass is 10.1. The van der Waals surface area contributed by atoms with Crippen LogP contribution in [0.15, 0.2) is 59.2 Å². The molecule has 1 aliphatic rings. The summed E-state index contributed by atoms with van der Waals surface area (Å²) in [5.41, 5.74) is 1.91. The van der Waals surface area contributed by atoms with Crippen LogP contribution in [0.1, 0.15) is 12.0 Å². The van der Waals surface area contributed by atoms with Crippen LogP contribution in [0.4, 0.5) is 10.8 Å². The van der Waals surface area contributed by atoms with Crippen LogP contribution in [0.3, 0.4) is 0 Å². The molecule has 0 bridgehead atoms. The number of thioether (sulfide) groups is 1. The van der Waals surface area contributed by atoms with Crippen molar-refractivity contribution < 1.29 is 9.59 Å². The van der Waals surface area contributed by atoms with Gasteiger partial charge in [-0.1, -0.05) is 47.4 Å². The van der Waals surface area contributed by atoms with Crippen molar-refractivity contribution in [1.82, 2.24) is 15.2 Å². The molecule has 9 heteroatoms. The number of carbonyl (C=O) groups excluding carboxylic acids is 2. The first-order chi connectivity index (χ1) is 13.7. The lowest BCUT2D eigenvalue weighted by molar-refractivity contribution is -0.122. The van der Waals surface area contributed by atoms with Crippen LogP contribution in [0, 0.1) is 5.92 Å². The molecule has 7 nitrogen and oxygen atoms in total. The van der Waals surface area contributed by atoms with Crippen molar-refractivity contribution in [3.63, 3.8) is 0 Å². The highest BCUT2D eigenvalue weighted by Crippen LogP contribution is 2.30. The van der Waals surface area contributed by atoms with Gasteiger partial charge in [-0.25, -0.2) is 0 Å². The predicted octanol–water partition coefficient (Wildman–Crippen LogP) is 3.22. The van der Waals surface area contributed by atoms with E-state index in [4.69, 9.17) is 0 Å². The monoisotopic (exact) mass is 411 g/mol. The van der Waals surface area contributed by atoms with Crippen molar-refractivity contribution in [2.45, 2.75) is 16.5 Å². The number of hydrogen-bond acceptors (Lipinski definition) is 7. The van der Waals surface area contributed by atoms with Crippen LogP contribution < -0.4 is 10.2 Å². The van der Waals surface area contributed by atoms with Crippen LogP contribution >= 0.6 is 23.1 Å². The van der Waals surface area contributed by atoms with Gasteiger partial charge in [-0.2, -0.15) is 0 Å². The van der Waals surface area contributed by atoms with Gasteiger partial charge in [-0.05, 0) is 23.8 Å². The molecule has 142 valence electrons. The maximum absolute atomic E-state index is 12.6. The van der Waals surface area contributed by atoms with Gasteiger partial charge >= 0.3 is 0 Å². The van der Waals surface area contributed by atoms with Crippen LogP contribution in [0.2, 0.25) is 0 Å². The molecule has 3 aromatic rings. The summed E-state index contributed by atoms with van der Waals surface area (Å²) in [5.74, 6) is 0.0886. The molecule has 1 atom stereocenters. The molecule has 1 aromatic carbocycles. The molecule has 1 N–H and O–H groups in total. The second-order valence-corrected chi connectivity index (χ2v) is 8.45. The maximum Gasteiger partial charge on any atom is 0.231 e. The molecular formula is C19H17N5O2S2. The normalized spacial score (nSPS) is 16.4. The predicted molar refractivity (Wildman–Crippen MR) is 109 cm³/mol. The third-order valence-electron chi connectivity index (χ3n) is 4.29. The molecule has 3 heterocycles. The van der Waals surface area contributed by atoms with Crippen LogP contribution in [-0.2, 0) is 15.3 Å². The second-order valence-electron chi connectivity index (χ2n) is 6.25. The summed E-state index contributed by atoms with van der Waals surface area (Å²) in [6.45, 7) is 0.371. The zero-order valence-corrected chi connectivity index (χ0v) is 16.4. The van der Waals surface area contributed by atoms with Gasteiger partial charge in [-0.15, -0.1) is 10.2 Å². The third kappa shape index (κ3) is 4.37. The van der Waals surface area contributed by atoms with E-state index in [1.54, 1.807) is 22.9 Å². The first-order valence-electron chi connectivity index (χ1n) is 8.70. The van der Waals surface area contributed by atoms with E-state index in [-0.39, 0.29) is 18.2 Å². The lowest BCUT2D eigenvalue weighted by Gasteiger charge is -2.16. The Morgan fingerprint density at radius 3 is 2.86 bits per heavy atom. The van der Waals surface area contributed by atoms with Crippen molar-refractivity contribution in [2.75, 3.05) is 16.8 Å². The zero-order chi connectivity index (χ0) is 19.3. The Morgan fingerprint density at radius 2 is 2.07 bits per heavy atom. The molecule has 0 saturated carbocycles. The van der Waals surface area contributed by atoms with Crippen molar-refractivity contribution in [3.8, 4) is 0 Å². The summed E-state index contributed by atoms with van der Waals surface area (Å²) in [7, 11) is 0. The van der Waals surface area contributed by atoms with E-state index in [0.717, 1.165) is 21.3 Å². The van der Waals surface area contributed by atoms with E-state index < -0.39 is 5.92 Å². The number of para-hydroxylation sites is 1. The van der Waals surface area contributed by atoms with Gasteiger partial charge < -0.3 is 10.2 Å². The minimum atomic E-state index is -0.400. The Balaban J connectivity index is 1.33. The number of hydrogen-bond donors (Lipinski definition) is 1. The molecule has 4 rings (SSSR count). The Labute approximate surface area is 170 Å². The number of nitrogens with one attached hydrogen (secondary N) is 1. The third-order valence-corrected chi connectivity index (χ3v) is 6.33. The van der Waals surface area contributed by atoms with Gasteiger partial charge in [0.15, 0.2) is 4.34 Å². The highest BCUT2D eigenvalue weighted by atomic mass is 32.2. The highest BCUT2D eigenvalue weighted by molar-refractivity contribution is 8.00. The zero-order valence-electron chi connectivity index (χ0n) is 14.8. The average molecular weight is 412 g/mol. The van der Waals surface area contributed by atoms with E-state index in [9.17, 15) is 9.59 Å². The molecule has 2 aromatic heterocycles. The number of carbonyl (C=O) groups is 2. The van der Waals surface area contributed by atoms with Gasteiger partial charge in [0, 0.05) is 36.8 Å². The average Bonchev–Trinajstić information content (AvgIpc) is 3.34. The standard InChI is InChI=1S/C19H17N5O2S2/c25-16-9-14(11-24(16)15-6-2-1-3-7-15)17(26)21-18-22-23-19(28-18)27-12-13-5-4-8-20-10-13/h1-8,10,14H,9,11-12H2,(H,21,22,26). The van der Waals surface area contributed by atoms with Crippen molar-refractivity contribution in [2.24, 2.45) is 5.92 Å². The molecule has 1 unspecified atom stereocenters. The number of anilines is 2. The summed E-state index contributed by atoms with van der Waals surface area (Å²) >= 11 is 2.87. The minimum absolute atomic E-state index is 0.0451. The number of rotatable bonds is 6. The van der Waals surface area contributed by atoms with E-state index in [1.165, 1.54) is 11.3 Å².